The van der Waals surface area contributed by atoms with Crippen molar-refractivity contribution in [3.8, 4) is 0 Å². The Morgan fingerprint density at radius 2 is 0.632 bits per heavy atom. The van der Waals surface area contributed by atoms with Crippen LogP contribution in [0.15, 0.2) is 122 Å². The molecule has 10 heteroatoms. The van der Waals surface area contributed by atoms with E-state index in [0.717, 1.165) is 109 Å². The van der Waals surface area contributed by atoms with Gasteiger partial charge in [-0.3, -0.25) is 18.6 Å². The number of allylic oxidation sites excluding steroid dienone is 20. The highest BCUT2D eigenvalue weighted by Crippen LogP contribution is 2.43. The molecule has 0 aliphatic heterocycles. The maximum Gasteiger partial charge on any atom is 0.472 e. The molecular formula is C77H134NO8P. The molecule has 0 saturated heterocycles. The van der Waals surface area contributed by atoms with Gasteiger partial charge in [0.05, 0.1) is 13.2 Å². The molecule has 0 saturated carbocycles. The first kappa shape index (κ1) is 83.4. The van der Waals surface area contributed by atoms with Crippen LogP contribution in [0.3, 0.4) is 0 Å². The zero-order chi connectivity index (χ0) is 63.0. The number of carbonyl (C=O) groups is 2. The van der Waals surface area contributed by atoms with E-state index >= 15 is 0 Å². The lowest BCUT2D eigenvalue weighted by Gasteiger charge is -2.19. The molecule has 0 fully saturated rings. The van der Waals surface area contributed by atoms with Crippen molar-refractivity contribution in [1.29, 1.82) is 0 Å². The van der Waals surface area contributed by atoms with Crippen LogP contribution in [0.2, 0.25) is 0 Å². The van der Waals surface area contributed by atoms with Crippen molar-refractivity contribution in [2.45, 2.75) is 328 Å². The molecule has 9 nitrogen and oxygen atoms in total. The molecule has 0 rings (SSSR count). The highest BCUT2D eigenvalue weighted by Gasteiger charge is 2.26. The Balaban J connectivity index is 3.96. The van der Waals surface area contributed by atoms with E-state index in [4.69, 9.17) is 24.3 Å². The second-order valence-corrected chi connectivity index (χ2v) is 25.2. The van der Waals surface area contributed by atoms with Crippen LogP contribution in [0.5, 0.6) is 0 Å². The lowest BCUT2D eigenvalue weighted by molar-refractivity contribution is -0.161. The number of esters is 2. The number of unbranched alkanes of at least 4 members (excludes halogenated alkanes) is 34. The van der Waals surface area contributed by atoms with Crippen molar-refractivity contribution in [3.63, 3.8) is 0 Å². The van der Waals surface area contributed by atoms with Crippen LogP contribution in [-0.4, -0.2) is 49.3 Å². The van der Waals surface area contributed by atoms with E-state index in [9.17, 15) is 19.0 Å². The van der Waals surface area contributed by atoms with Gasteiger partial charge in [-0.2, -0.15) is 0 Å². The predicted molar refractivity (Wildman–Crippen MR) is 376 cm³/mol. The lowest BCUT2D eigenvalue weighted by Crippen LogP contribution is -2.29. The Labute approximate surface area is 536 Å². The van der Waals surface area contributed by atoms with Crippen LogP contribution < -0.4 is 5.73 Å². The third kappa shape index (κ3) is 71.4. The van der Waals surface area contributed by atoms with E-state index in [1.54, 1.807) is 0 Å². The molecule has 0 aromatic carbocycles. The van der Waals surface area contributed by atoms with Gasteiger partial charge >= 0.3 is 19.8 Å². The maximum absolute atomic E-state index is 12.8. The molecule has 0 aromatic heterocycles. The second kappa shape index (κ2) is 71.5. The van der Waals surface area contributed by atoms with E-state index in [0.29, 0.717) is 6.42 Å². The fourth-order valence-electron chi connectivity index (χ4n) is 10.1. The Bertz CT molecular complexity index is 1840. The largest absolute Gasteiger partial charge is 0.472 e. The van der Waals surface area contributed by atoms with Crippen molar-refractivity contribution >= 4 is 19.8 Å². The summed E-state index contributed by atoms with van der Waals surface area (Å²) in [7, 11) is -4.41. The number of hydrogen-bond donors (Lipinski definition) is 2. The molecule has 0 amide bonds. The van der Waals surface area contributed by atoms with Crippen LogP contribution in [0.1, 0.15) is 322 Å². The van der Waals surface area contributed by atoms with Crippen LogP contribution in [0.25, 0.3) is 0 Å². The fraction of sp³-hybridized carbons (Fsp3) is 0.714. The Morgan fingerprint density at radius 1 is 0.356 bits per heavy atom. The van der Waals surface area contributed by atoms with Gasteiger partial charge in [-0.25, -0.2) is 4.57 Å². The number of ether oxygens (including phenoxy) is 2. The topological polar surface area (TPSA) is 134 Å². The first-order chi connectivity index (χ1) is 42.8. The van der Waals surface area contributed by atoms with Crippen LogP contribution in [0, 0.1) is 0 Å². The summed E-state index contributed by atoms with van der Waals surface area (Å²) in [5.74, 6) is -0.852. The number of phosphoric acid groups is 1. The molecule has 2 atom stereocenters. The molecule has 500 valence electrons. The van der Waals surface area contributed by atoms with Crippen molar-refractivity contribution in [2.75, 3.05) is 26.4 Å². The van der Waals surface area contributed by atoms with E-state index < -0.39 is 26.5 Å². The highest BCUT2D eigenvalue weighted by atomic mass is 31.2. The first-order valence-corrected chi connectivity index (χ1v) is 37.5. The number of rotatable bonds is 67. The molecule has 2 unspecified atom stereocenters. The summed E-state index contributed by atoms with van der Waals surface area (Å²) in [5, 5.41) is 0. The summed E-state index contributed by atoms with van der Waals surface area (Å²) in [6, 6.07) is 0. The molecule has 0 heterocycles. The summed E-state index contributed by atoms with van der Waals surface area (Å²) < 4.78 is 33.2. The van der Waals surface area contributed by atoms with Crippen LogP contribution in [0.4, 0.5) is 0 Å². The maximum atomic E-state index is 12.8. The van der Waals surface area contributed by atoms with Gasteiger partial charge < -0.3 is 20.1 Å². The SMILES string of the molecule is CC/C=C\C/C=C\C/C=C\C/C=C\C/C=C\C/C=C\C/C=C\C/C=C\C/C=C\C/C=C\CCCCCCC(=O)OC(COC(=O)CCCCCCCCCCCCCCCCCCCCCCCCCCCCCCCCC)COP(=O)(O)OCCN. The zero-order valence-corrected chi connectivity index (χ0v) is 57.1. The van der Waals surface area contributed by atoms with Gasteiger partial charge in [0.15, 0.2) is 6.10 Å². The third-order valence-electron chi connectivity index (χ3n) is 15.4. The van der Waals surface area contributed by atoms with Crippen molar-refractivity contribution in [2.24, 2.45) is 5.73 Å². The number of nitrogens with two attached hydrogens (primary N) is 1. The minimum Gasteiger partial charge on any atom is -0.462 e. The average Bonchev–Trinajstić information content (AvgIpc) is 3.64. The summed E-state index contributed by atoms with van der Waals surface area (Å²) in [6.07, 6.45) is 100. The number of phosphoric ester groups is 1. The molecule has 87 heavy (non-hydrogen) atoms. The standard InChI is InChI=1S/C77H134NO8P/c1-3-5-7-9-11-13-15-17-19-21-23-25-27-29-31-33-35-36-37-38-40-42-44-46-48-50-52-54-56-58-60-62-64-66-68-70-77(80)86-75(74-85-87(81,82)84-72-71-78)73-83-76(79)69-67-65-63-61-59-57-55-53-51-49-47-45-43-41-39-34-32-30-28-26-24-22-20-18-16-14-12-10-8-6-4-2/h5,7,11,13,17,19,23,25,29,31,35-36,38,40,44,46,50,52,56,58,75H,3-4,6,8-10,12,14-16,18,20-22,24,26-28,30,32-34,37,39,41-43,45,47-49,51,53-55,57,59-74,78H2,1-2H3,(H,81,82)/b7-5-,13-11-,19-17-,25-23-,31-29-,36-35-,40-38-,46-44-,52-50-,58-56-. The summed E-state index contributed by atoms with van der Waals surface area (Å²) in [5.41, 5.74) is 5.40. The summed E-state index contributed by atoms with van der Waals surface area (Å²) in [6.45, 7) is 3.63. The Morgan fingerprint density at radius 3 is 0.943 bits per heavy atom. The molecular weight excluding hydrogens is 1100 g/mol. The monoisotopic (exact) mass is 1230 g/mol. The van der Waals surface area contributed by atoms with E-state index in [1.807, 2.05) is 0 Å². The molecule has 0 bridgehead atoms. The second-order valence-electron chi connectivity index (χ2n) is 23.7. The Hall–Kier alpha value is -3.59. The quantitative estimate of drug-likeness (QED) is 0.0264. The van der Waals surface area contributed by atoms with Gasteiger partial charge in [0.25, 0.3) is 0 Å². The molecule has 0 radical (unpaired) electrons. The van der Waals surface area contributed by atoms with Gasteiger partial charge in [0.1, 0.15) is 6.61 Å². The third-order valence-corrected chi connectivity index (χ3v) is 16.3. The van der Waals surface area contributed by atoms with Gasteiger partial charge in [-0.1, -0.05) is 341 Å². The van der Waals surface area contributed by atoms with Gasteiger partial charge in [-0.15, -0.1) is 0 Å². The minimum absolute atomic E-state index is 0.0442. The van der Waals surface area contributed by atoms with Crippen molar-refractivity contribution < 1.29 is 37.6 Å². The van der Waals surface area contributed by atoms with E-state index in [1.165, 1.54) is 180 Å². The van der Waals surface area contributed by atoms with Gasteiger partial charge in [-0.05, 0) is 89.9 Å². The number of carbonyl (C=O) groups excluding carboxylic acids is 2. The summed E-state index contributed by atoms with van der Waals surface area (Å²) in [4.78, 5) is 35.4. The molecule has 0 aromatic rings. The fourth-order valence-corrected chi connectivity index (χ4v) is 10.8. The molecule has 0 spiro atoms. The Kier molecular flexibility index (Phi) is 68.5. The smallest absolute Gasteiger partial charge is 0.462 e. The van der Waals surface area contributed by atoms with Crippen molar-refractivity contribution in [1.82, 2.24) is 0 Å². The van der Waals surface area contributed by atoms with Gasteiger partial charge in [0.2, 0.25) is 0 Å². The molecule has 0 aliphatic carbocycles. The first-order valence-electron chi connectivity index (χ1n) is 36.0. The highest BCUT2D eigenvalue weighted by molar-refractivity contribution is 7.47. The van der Waals surface area contributed by atoms with Crippen molar-refractivity contribution in [3.05, 3.63) is 122 Å². The molecule has 0 aliphatic rings. The van der Waals surface area contributed by atoms with E-state index in [-0.39, 0.29) is 38.6 Å². The lowest BCUT2D eigenvalue weighted by atomic mass is 10.0. The average molecular weight is 1230 g/mol. The van der Waals surface area contributed by atoms with Crippen LogP contribution >= 0.6 is 7.82 Å². The number of hydrogen-bond acceptors (Lipinski definition) is 8. The summed E-state index contributed by atoms with van der Waals surface area (Å²) >= 11 is 0. The van der Waals surface area contributed by atoms with E-state index in [2.05, 4.69) is 135 Å². The minimum atomic E-state index is -4.41. The van der Waals surface area contributed by atoms with Crippen LogP contribution in [-0.2, 0) is 32.7 Å². The predicted octanol–water partition coefficient (Wildman–Crippen LogP) is 23.9. The molecule has 3 N–H and O–H groups in total. The zero-order valence-electron chi connectivity index (χ0n) is 56.2. The van der Waals surface area contributed by atoms with Gasteiger partial charge in [0, 0.05) is 19.4 Å². The normalized spacial score (nSPS) is 13.7.